The Balaban J connectivity index is 2.37. The lowest BCUT2D eigenvalue weighted by Crippen LogP contribution is -2.50. The standard InChI is InChI=1S/C9H14N2O5/c12-8(13)5-11(2-1-10-7-11)3-4-16-6-9(14)15/h7H,1-6H2,(H-,12,13,14,15)/p+1. The minimum Gasteiger partial charge on any atom is -0.480 e. The van der Waals surface area contributed by atoms with Crippen LogP contribution in [0.3, 0.4) is 0 Å². The Bertz CT molecular complexity index is 304. The number of aliphatic carboxylic acids is 2. The van der Waals surface area contributed by atoms with Crippen molar-refractivity contribution in [2.75, 3.05) is 39.4 Å². The first kappa shape index (κ1) is 12.6. The van der Waals surface area contributed by atoms with Crippen LogP contribution in [-0.2, 0) is 14.3 Å². The quantitative estimate of drug-likeness (QED) is 0.434. The molecule has 1 heterocycles. The second kappa shape index (κ2) is 5.57. The summed E-state index contributed by atoms with van der Waals surface area (Å²) in [4.78, 5) is 24.9. The predicted molar refractivity (Wildman–Crippen MR) is 54.3 cm³/mol. The van der Waals surface area contributed by atoms with Crippen molar-refractivity contribution in [3.63, 3.8) is 0 Å². The highest BCUT2D eigenvalue weighted by Gasteiger charge is 2.31. The van der Waals surface area contributed by atoms with Crippen LogP contribution in [0.2, 0.25) is 0 Å². The number of hydrogen-bond acceptors (Lipinski definition) is 4. The van der Waals surface area contributed by atoms with Crippen LogP contribution >= 0.6 is 0 Å². The molecule has 0 saturated carbocycles. The molecule has 1 unspecified atom stereocenters. The third kappa shape index (κ3) is 3.95. The fraction of sp³-hybridized carbons (Fsp3) is 0.667. The summed E-state index contributed by atoms with van der Waals surface area (Å²) in [5.41, 5.74) is 0. The maximum absolute atomic E-state index is 10.7. The van der Waals surface area contributed by atoms with Crippen molar-refractivity contribution in [2.24, 2.45) is 4.99 Å². The molecule has 1 aliphatic heterocycles. The maximum atomic E-state index is 10.7. The molecule has 0 saturated heterocycles. The van der Waals surface area contributed by atoms with Gasteiger partial charge >= 0.3 is 11.9 Å². The lowest BCUT2D eigenvalue weighted by Gasteiger charge is -2.27. The van der Waals surface area contributed by atoms with Gasteiger partial charge in [-0.15, -0.1) is 0 Å². The normalized spacial score (nSPS) is 23.5. The molecule has 0 fully saturated rings. The van der Waals surface area contributed by atoms with Gasteiger partial charge in [0.15, 0.2) is 12.9 Å². The highest BCUT2D eigenvalue weighted by molar-refractivity contribution is 5.70. The molecular weight excluding hydrogens is 216 g/mol. The number of carboxylic acids is 2. The Hall–Kier alpha value is -1.47. The van der Waals surface area contributed by atoms with Crippen LogP contribution in [0.15, 0.2) is 4.99 Å². The number of carbonyl (C=O) groups is 2. The Morgan fingerprint density at radius 1 is 1.38 bits per heavy atom. The van der Waals surface area contributed by atoms with Crippen molar-refractivity contribution in [1.29, 1.82) is 0 Å². The van der Waals surface area contributed by atoms with E-state index in [0.717, 1.165) is 0 Å². The molecule has 0 spiro atoms. The summed E-state index contributed by atoms with van der Waals surface area (Å²) >= 11 is 0. The molecule has 0 aliphatic carbocycles. The minimum atomic E-state index is -1.03. The summed E-state index contributed by atoms with van der Waals surface area (Å²) in [5, 5.41) is 17.1. The van der Waals surface area contributed by atoms with Gasteiger partial charge in [0, 0.05) is 0 Å². The van der Waals surface area contributed by atoms with Crippen LogP contribution in [-0.4, -0.2) is 72.4 Å². The average molecular weight is 231 g/mol. The van der Waals surface area contributed by atoms with Crippen molar-refractivity contribution < 1.29 is 29.0 Å². The third-order valence-electron chi connectivity index (χ3n) is 2.36. The topological polar surface area (TPSA) is 96.2 Å². The maximum Gasteiger partial charge on any atom is 0.359 e. The van der Waals surface area contributed by atoms with E-state index in [4.69, 9.17) is 14.9 Å². The van der Waals surface area contributed by atoms with Gasteiger partial charge in [-0.25, -0.2) is 14.6 Å². The third-order valence-corrected chi connectivity index (χ3v) is 2.36. The molecule has 2 N–H and O–H groups in total. The molecule has 16 heavy (non-hydrogen) atoms. The van der Waals surface area contributed by atoms with Crippen LogP contribution in [0, 0.1) is 0 Å². The Labute approximate surface area is 92.5 Å². The molecular formula is C9H15N2O5+. The number of carboxylic acid groups (broad SMARTS) is 2. The first-order valence-electron chi connectivity index (χ1n) is 4.92. The highest BCUT2D eigenvalue weighted by atomic mass is 16.5. The van der Waals surface area contributed by atoms with Crippen LogP contribution in [0.5, 0.6) is 0 Å². The summed E-state index contributed by atoms with van der Waals surface area (Å²) in [6, 6.07) is 0. The molecule has 0 amide bonds. The summed E-state index contributed by atoms with van der Waals surface area (Å²) in [6.45, 7) is 1.48. The van der Waals surface area contributed by atoms with E-state index in [2.05, 4.69) is 4.99 Å². The first-order valence-corrected chi connectivity index (χ1v) is 4.92. The zero-order valence-corrected chi connectivity index (χ0v) is 8.83. The SMILES string of the molecule is O=C(O)COCC[N+]1(CC(=O)O)C=NCC1. The molecule has 1 rings (SSSR count). The van der Waals surface area contributed by atoms with Gasteiger partial charge < -0.3 is 14.9 Å². The largest absolute Gasteiger partial charge is 0.480 e. The number of nitrogens with zero attached hydrogens (tertiary/aromatic N) is 2. The Morgan fingerprint density at radius 2 is 2.12 bits per heavy atom. The van der Waals surface area contributed by atoms with E-state index in [1.807, 2.05) is 0 Å². The number of rotatable bonds is 7. The number of hydrogen-bond donors (Lipinski definition) is 2. The number of ether oxygens (including phenoxy) is 1. The average Bonchev–Trinajstić information content (AvgIpc) is 2.60. The zero-order valence-electron chi connectivity index (χ0n) is 8.83. The fourth-order valence-corrected chi connectivity index (χ4v) is 1.59. The Morgan fingerprint density at radius 3 is 2.62 bits per heavy atom. The van der Waals surface area contributed by atoms with E-state index in [9.17, 15) is 9.59 Å². The van der Waals surface area contributed by atoms with Gasteiger partial charge in [0.25, 0.3) is 0 Å². The summed E-state index contributed by atoms with van der Waals surface area (Å²) < 4.78 is 5.12. The van der Waals surface area contributed by atoms with Crippen molar-refractivity contribution in [3.8, 4) is 0 Å². The number of quaternary nitrogens is 1. The highest BCUT2D eigenvalue weighted by Crippen LogP contribution is 2.08. The zero-order chi connectivity index (χ0) is 12.0. The summed E-state index contributed by atoms with van der Waals surface area (Å²) in [7, 11) is 0. The molecule has 0 aromatic heterocycles. The van der Waals surface area contributed by atoms with Crippen molar-refractivity contribution >= 4 is 18.3 Å². The fourth-order valence-electron chi connectivity index (χ4n) is 1.59. The molecule has 7 nitrogen and oxygen atoms in total. The summed E-state index contributed by atoms with van der Waals surface area (Å²) in [6.07, 6.45) is 1.61. The predicted octanol–water partition coefficient (Wildman–Crippen LogP) is -0.969. The van der Waals surface area contributed by atoms with E-state index in [1.54, 1.807) is 6.34 Å². The van der Waals surface area contributed by atoms with E-state index in [1.165, 1.54) is 0 Å². The van der Waals surface area contributed by atoms with Gasteiger partial charge in [-0.3, -0.25) is 4.48 Å². The molecule has 0 aromatic rings. The molecule has 0 radical (unpaired) electrons. The lowest BCUT2D eigenvalue weighted by molar-refractivity contribution is -0.821. The van der Waals surface area contributed by atoms with E-state index >= 15 is 0 Å². The Kier molecular flexibility index (Phi) is 4.39. The second-order valence-corrected chi connectivity index (χ2v) is 3.69. The summed E-state index contributed by atoms with van der Waals surface area (Å²) in [5.74, 6) is -1.92. The molecule has 1 atom stereocenters. The molecule has 7 heteroatoms. The van der Waals surface area contributed by atoms with Crippen LogP contribution < -0.4 is 0 Å². The van der Waals surface area contributed by atoms with Gasteiger partial charge in [-0.1, -0.05) is 0 Å². The van der Waals surface area contributed by atoms with Crippen LogP contribution in [0.1, 0.15) is 0 Å². The molecule has 0 aromatic carbocycles. The van der Waals surface area contributed by atoms with Crippen molar-refractivity contribution in [2.45, 2.75) is 0 Å². The van der Waals surface area contributed by atoms with Crippen LogP contribution in [0.4, 0.5) is 0 Å². The first-order chi connectivity index (χ1) is 7.54. The monoisotopic (exact) mass is 231 g/mol. The van der Waals surface area contributed by atoms with E-state index in [0.29, 0.717) is 19.6 Å². The molecule has 0 bridgehead atoms. The number of aliphatic imine (C=N–C) groups is 1. The van der Waals surface area contributed by atoms with Crippen molar-refractivity contribution in [3.05, 3.63) is 0 Å². The smallest absolute Gasteiger partial charge is 0.359 e. The van der Waals surface area contributed by atoms with Gasteiger partial charge in [-0.2, -0.15) is 0 Å². The van der Waals surface area contributed by atoms with E-state index in [-0.39, 0.29) is 24.2 Å². The minimum absolute atomic E-state index is 0.0417. The van der Waals surface area contributed by atoms with Crippen LogP contribution in [0.25, 0.3) is 0 Å². The molecule has 1 aliphatic rings. The van der Waals surface area contributed by atoms with Crippen molar-refractivity contribution in [1.82, 2.24) is 0 Å². The van der Waals surface area contributed by atoms with Gasteiger partial charge in [-0.05, 0) is 0 Å². The second-order valence-electron chi connectivity index (χ2n) is 3.69. The molecule has 90 valence electrons. The van der Waals surface area contributed by atoms with Gasteiger partial charge in [0.1, 0.15) is 19.7 Å². The van der Waals surface area contributed by atoms with E-state index < -0.39 is 11.9 Å². The van der Waals surface area contributed by atoms with Gasteiger partial charge in [0.2, 0.25) is 0 Å². The lowest BCUT2D eigenvalue weighted by atomic mass is 10.4. The van der Waals surface area contributed by atoms with Gasteiger partial charge in [0.05, 0.1) is 13.2 Å².